The second kappa shape index (κ2) is 14.6. The second-order valence-corrected chi connectivity index (χ2v) is 19.9. The zero-order valence-corrected chi connectivity index (χ0v) is 39.9. The van der Waals surface area contributed by atoms with E-state index < -0.39 is 5.54 Å². The molecule has 0 amide bonds. The molecule has 74 heavy (non-hydrogen) atoms. The predicted molar refractivity (Wildman–Crippen MR) is 305 cm³/mol. The molecule has 0 radical (unpaired) electrons. The first-order chi connectivity index (χ1) is 36.7. The highest BCUT2D eigenvalue weighted by molar-refractivity contribution is 6.14. The van der Waals surface area contributed by atoms with Crippen molar-refractivity contribution in [3.8, 4) is 28.2 Å². The highest BCUT2D eigenvalue weighted by atomic mass is 15.4. The first-order valence-electron chi connectivity index (χ1n) is 25.5. The number of aromatic nitrogens is 5. The lowest BCUT2D eigenvalue weighted by atomic mass is 9.77. The van der Waals surface area contributed by atoms with Crippen molar-refractivity contribution in [3.05, 3.63) is 271 Å². The fraction of sp³-hybridized carbons (Fsp3) is 0.0147. The molecule has 0 fully saturated rings. The van der Waals surface area contributed by atoms with Gasteiger partial charge in [-0.3, -0.25) is 9.47 Å². The summed E-state index contributed by atoms with van der Waals surface area (Å²) in [6.07, 6.45) is 0. The van der Waals surface area contributed by atoms with E-state index in [0.29, 0.717) is 0 Å². The topological polar surface area (TPSA) is 35.9 Å². The van der Waals surface area contributed by atoms with E-state index in [-0.39, 0.29) is 0 Å². The van der Waals surface area contributed by atoms with Gasteiger partial charge in [-0.15, -0.1) is 0 Å². The molecule has 4 aromatic heterocycles. The van der Waals surface area contributed by atoms with Gasteiger partial charge in [0.1, 0.15) is 5.54 Å². The molecule has 11 aromatic carbocycles. The van der Waals surface area contributed by atoms with Crippen molar-refractivity contribution >= 4 is 93.8 Å². The SMILES string of the molecule is c1ccc(N2c3cc(-n4c5ccc(-n6c7ccccc7c7ccccc76)cc5c5cc(-n6c7ccccc7c7ccccc76)ccc54)ccc3C3(c4ccccc4-c4ccccc43)n3c2nc2ccccc23)cc1. The minimum atomic E-state index is -0.715. The zero-order valence-electron chi connectivity index (χ0n) is 39.9. The minimum absolute atomic E-state index is 0.715. The molecule has 0 unspecified atom stereocenters. The number of rotatable bonds is 4. The Bertz CT molecular complexity index is 4550. The third-order valence-corrected chi connectivity index (χ3v) is 16.3. The van der Waals surface area contributed by atoms with Crippen LogP contribution in [0.15, 0.2) is 255 Å². The third-order valence-electron chi connectivity index (χ3n) is 16.3. The monoisotopic (exact) mass is 942 g/mol. The molecule has 17 rings (SSSR count). The summed E-state index contributed by atoms with van der Waals surface area (Å²) < 4.78 is 9.88. The summed E-state index contributed by atoms with van der Waals surface area (Å²) in [6, 6.07) is 93.9. The fourth-order valence-electron chi connectivity index (χ4n) is 13.4. The molecule has 15 aromatic rings. The second-order valence-electron chi connectivity index (χ2n) is 19.9. The summed E-state index contributed by atoms with van der Waals surface area (Å²) in [5.41, 5.74) is 20.0. The van der Waals surface area contributed by atoms with Crippen LogP contribution in [0.25, 0.3) is 105 Å². The van der Waals surface area contributed by atoms with Crippen LogP contribution in [-0.2, 0) is 5.54 Å². The molecule has 0 saturated carbocycles. The largest absolute Gasteiger partial charge is 0.309 e. The Hall–Kier alpha value is -9.91. The van der Waals surface area contributed by atoms with Crippen molar-refractivity contribution in [2.24, 2.45) is 0 Å². The van der Waals surface area contributed by atoms with E-state index in [1.54, 1.807) is 0 Å². The van der Waals surface area contributed by atoms with Gasteiger partial charge >= 0.3 is 0 Å². The smallest absolute Gasteiger partial charge is 0.217 e. The van der Waals surface area contributed by atoms with Crippen molar-refractivity contribution in [1.29, 1.82) is 0 Å². The van der Waals surface area contributed by atoms with Crippen LogP contribution in [0.1, 0.15) is 16.7 Å². The van der Waals surface area contributed by atoms with Gasteiger partial charge in [-0.05, 0) is 119 Å². The average Bonchev–Trinajstić information content (AvgIpc) is 4.31. The molecule has 6 heteroatoms. The van der Waals surface area contributed by atoms with Crippen LogP contribution >= 0.6 is 0 Å². The number of benzene rings is 11. The number of hydrogen-bond acceptors (Lipinski definition) is 2. The van der Waals surface area contributed by atoms with E-state index in [1.165, 1.54) is 82.2 Å². The highest BCUT2D eigenvalue weighted by Crippen LogP contribution is 2.61. The molecular formula is C68H42N6. The molecule has 0 atom stereocenters. The third kappa shape index (κ3) is 5.06. The quantitative estimate of drug-likeness (QED) is 0.176. The molecule has 5 heterocycles. The van der Waals surface area contributed by atoms with E-state index in [1.807, 2.05) is 0 Å². The van der Waals surface area contributed by atoms with Crippen LogP contribution in [0.2, 0.25) is 0 Å². The van der Waals surface area contributed by atoms with Crippen LogP contribution in [0.4, 0.5) is 17.3 Å². The van der Waals surface area contributed by atoms with Gasteiger partial charge in [-0.25, -0.2) is 4.98 Å². The lowest BCUT2D eigenvalue weighted by molar-refractivity contribution is 0.533. The molecule has 1 aliphatic carbocycles. The number of fused-ring (bicyclic) bond motifs is 20. The number of para-hydroxylation sites is 7. The van der Waals surface area contributed by atoms with Gasteiger partial charge in [0.25, 0.3) is 0 Å². The lowest BCUT2D eigenvalue weighted by Gasteiger charge is -2.44. The average molecular weight is 943 g/mol. The maximum Gasteiger partial charge on any atom is 0.217 e. The van der Waals surface area contributed by atoms with Crippen molar-refractivity contribution in [1.82, 2.24) is 23.3 Å². The van der Waals surface area contributed by atoms with E-state index >= 15 is 0 Å². The molecule has 1 spiro atoms. The molecular weight excluding hydrogens is 901 g/mol. The highest BCUT2D eigenvalue weighted by Gasteiger charge is 2.53. The first kappa shape index (κ1) is 39.8. The Kier molecular flexibility index (Phi) is 7.84. The van der Waals surface area contributed by atoms with Crippen LogP contribution in [0.5, 0.6) is 0 Å². The van der Waals surface area contributed by atoms with E-state index in [4.69, 9.17) is 4.98 Å². The van der Waals surface area contributed by atoms with Crippen molar-refractivity contribution in [3.63, 3.8) is 0 Å². The number of imidazole rings is 1. The Morgan fingerprint density at radius 2 is 0.689 bits per heavy atom. The number of hydrogen-bond donors (Lipinski definition) is 0. The van der Waals surface area contributed by atoms with Crippen LogP contribution in [-0.4, -0.2) is 23.3 Å². The predicted octanol–water partition coefficient (Wildman–Crippen LogP) is 16.9. The summed E-state index contributed by atoms with van der Waals surface area (Å²) in [5, 5.41) is 7.34. The van der Waals surface area contributed by atoms with Crippen molar-refractivity contribution in [2.45, 2.75) is 5.54 Å². The van der Waals surface area contributed by atoms with E-state index in [0.717, 1.165) is 56.5 Å². The summed E-state index contributed by atoms with van der Waals surface area (Å²) in [7, 11) is 0. The van der Waals surface area contributed by atoms with Gasteiger partial charge in [-0.2, -0.15) is 0 Å². The van der Waals surface area contributed by atoms with Gasteiger partial charge < -0.3 is 13.7 Å². The Balaban J connectivity index is 0.976. The van der Waals surface area contributed by atoms with Crippen LogP contribution in [0.3, 0.4) is 0 Å². The molecule has 0 bridgehead atoms. The number of nitrogens with zero attached hydrogens (tertiary/aromatic N) is 6. The molecule has 0 saturated heterocycles. The van der Waals surface area contributed by atoms with Crippen LogP contribution < -0.4 is 4.90 Å². The Morgan fingerprint density at radius 1 is 0.284 bits per heavy atom. The lowest BCUT2D eigenvalue weighted by Crippen LogP contribution is -2.42. The van der Waals surface area contributed by atoms with Gasteiger partial charge in [0.05, 0.1) is 49.8 Å². The standard InChI is InChI=1S/C68H42N6/c1-2-18-43(19-3-1)73-66-42-46(34-37-57(66)68(74-65-33-17-12-28-58(65)69-67(73)74)55-26-10-4-20-47(55)48-21-5-11-27-56(48)68)72-63-38-35-44(70-59-29-13-6-22-49(59)50-23-7-14-30-60(50)70)40-53(63)54-41-45(36-39-64(54)72)71-61-31-15-8-24-51(61)52-25-9-16-32-62(52)71/h1-42H. The maximum absolute atomic E-state index is 5.60. The zero-order chi connectivity index (χ0) is 48.2. The maximum atomic E-state index is 5.60. The summed E-state index contributed by atoms with van der Waals surface area (Å²) in [4.78, 5) is 7.99. The summed E-state index contributed by atoms with van der Waals surface area (Å²) in [5.74, 6) is 0.877. The Labute approximate surface area is 425 Å². The molecule has 0 N–H and O–H groups in total. The first-order valence-corrected chi connectivity index (χ1v) is 25.5. The van der Waals surface area contributed by atoms with Gasteiger partial charge in [0.2, 0.25) is 5.95 Å². The normalized spacial score (nSPS) is 13.5. The van der Waals surface area contributed by atoms with Crippen molar-refractivity contribution in [2.75, 3.05) is 4.90 Å². The van der Waals surface area contributed by atoms with Crippen molar-refractivity contribution < 1.29 is 0 Å². The van der Waals surface area contributed by atoms with Crippen LogP contribution in [0, 0.1) is 0 Å². The summed E-state index contributed by atoms with van der Waals surface area (Å²) >= 11 is 0. The molecule has 344 valence electrons. The van der Waals surface area contributed by atoms with E-state index in [2.05, 4.69) is 278 Å². The van der Waals surface area contributed by atoms with E-state index in [9.17, 15) is 0 Å². The molecule has 6 nitrogen and oxygen atoms in total. The molecule has 2 aliphatic rings. The summed E-state index contributed by atoms with van der Waals surface area (Å²) in [6.45, 7) is 0. The molecule has 1 aliphatic heterocycles. The fourth-order valence-corrected chi connectivity index (χ4v) is 13.4. The van der Waals surface area contributed by atoms with Gasteiger partial charge in [0.15, 0.2) is 0 Å². The number of anilines is 3. The van der Waals surface area contributed by atoms with Gasteiger partial charge in [0, 0.05) is 60.6 Å². The minimum Gasteiger partial charge on any atom is -0.309 e. The van der Waals surface area contributed by atoms with Gasteiger partial charge in [-0.1, -0.05) is 158 Å². The Morgan fingerprint density at radius 3 is 1.22 bits per heavy atom.